The minimum atomic E-state index is -0.208. The van der Waals surface area contributed by atoms with Gasteiger partial charge < -0.3 is 4.74 Å². The molecule has 0 radical (unpaired) electrons. The summed E-state index contributed by atoms with van der Waals surface area (Å²) in [4.78, 5) is 11.0. The Kier molecular flexibility index (Phi) is 5.74. The van der Waals surface area contributed by atoms with Crippen LogP contribution in [0.5, 0.6) is 5.75 Å². The van der Waals surface area contributed by atoms with Crippen molar-refractivity contribution < 1.29 is 9.53 Å². The van der Waals surface area contributed by atoms with Crippen LogP contribution in [0.2, 0.25) is 5.02 Å². The number of benzene rings is 1. The van der Waals surface area contributed by atoms with E-state index < -0.39 is 0 Å². The Labute approximate surface area is 114 Å². The number of hydrogen-bond donors (Lipinski definition) is 2. The summed E-state index contributed by atoms with van der Waals surface area (Å²) >= 11 is 9.33. The Morgan fingerprint density at radius 3 is 3.00 bits per heavy atom. The number of halogens is 2. The third kappa shape index (κ3) is 4.93. The van der Waals surface area contributed by atoms with Crippen molar-refractivity contribution in [2.45, 2.75) is 25.9 Å². The number of rotatable bonds is 5. The maximum atomic E-state index is 11.0. The number of amides is 1. The summed E-state index contributed by atoms with van der Waals surface area (Å²) in [6.07, 6.45) is 0.786. The molecule has 0 aromatic heterocycles. The molecule has 1 unspecified atom stereocenters. The van der Waals surface area contributed by atoms with Crippen molar-refractivity contribution in [1.29, 1.82) is 0 Å². The maximum absolute atomic E-state index is 11.0. The Hall–Kier alpha value is -0.780. The van der Waals surface area contributed by atoms with E-state index in [9.17, 15) is 4.79 Å². The molecule has 0 fully saturated rings. The molecule has 4 nitrogen and oxygen atoms in total. The van der Waals surface area contributed by atoms with Gasteiger partial charge in [-0.2, -0.15) is 0 Å². The molecule has 0 heterocycles. The number of hydrogen-bond acceptors (Lipinski definition) is 3. The highest BCUT2D eigenvalue weighted by atomic mass is 79.9. The molecule has 94 valence electrons. The van der Waals surface area contributed by atoms with Gasteiger partial charge in [0.05, 0.1) is 11.1 Å². The number of nitrogens with one attached hydrogen (secondary N) is 1. The largest absolute Gasteiger partial charge is 0.489 e. The van der Waals surface area contributed by atoms with Crippen LogP contribution in [-0.4, -0.2) is 12.0 Å². The predicted molar refractivity (Wildman–Crippen MR) is 70.8 cm³/mol. The quantitative estimate of drug-likeness (QED) is 0.498. The summed E-state index contributed by atoms with van der Waals surface area (Å²) in [5.74, 6) is 5.38. The van der Waals surface area contributed by atoms with E-state index >= 15 is 0 Å². The highest BCUT2D eigenvalue weighted by Crippen LogP contribution is 2.29. The Morgan fingerprint density at radius 1 is 1.65 bits per heavy atom. The second-order valence-corrected chi connectivity index (χ2v) is 4.93. The summed E-state index contributed by atoms with van der Waals surface area (Å²) in [6.45, 7) is 1.88. The Bertz CT molecular complexity index is 401. The fraction of sp³-hybridized carbons (Fsp3) is 0.364. The minimum absolute atomic E-state index is 0.112. The molecular weight excluding hydrogens is 307 g/mol. The van der Waals surface area contributed by atoms with E-state index in [1.807, 2.05) is 13.0 Å². The van der Waals surface area contributed by atoms with Crippen molar-refractivity contribution in [3.05, 3.63) is 27.7 Å². The smallest absolute Gasteiger partial charge is 0.234 e. The van der Waals surface area contributed by atoms with Crippen molar-refractivity contribution in [3.63, 3.8) is 0 Å². The molecule has 1 aromatic rings. The first-order chi connectivity index (χ1) is 8.02. The average molecular weight is 322 g/mol. The summed E-state index contributed by atoms with van der Waals surface area (Å²) in [6, 6.07) is 5.38. The van der Waals surface area contributed by atoms with Crippen LogP contribution in [0.25, 0.3) is 0 Å². The van der Waals surface area contributed by atoms with Gasteiger partial charge in [-0.3, -0.25) is 10.2 Å². The molecule has 6 heteroatoms. The highest BCUT2D eigenvalue weighted by Gasteiger charge is 2.10. The van der Waals surface area contributed by atoms with Gasteiger partial charge in [0.25, 0.3) is 0 Å². The zero-order valence-electron chi connectivity index (χ0n) is 9.37. The van der Waals surface area contributed by atoms with Gasteiger partial charge in [-0.15, -0.1) is 0 Å². The Balaban J connectivity index is 2.52. The van der Waals surface area contributed by atoms with E-state index in [4.69, 9.17) is 22.2 Å². The van der Waals surface area contributed by atoms with Crippen molar-refractivity contribution in [2.75, 3.05) is 0 Å². The molecule has 0 spiro atoms. The molecule has 0 bridgehead atoms. The zero-order chi connectivity index (χ0) is 12.8. The molecule has 1 amide bonds. The van der Waals surface area contributed by atoms with Gasteiger partial charge in [-0.1, -0.05) is 27.5 Å². The monoisotopic (exact) mass is 320 g/mol. The summed E-state index contributed by atoms with van der Waals surface area (Å²) in [7, 11) is 0. The number of carbonyl (C=O) groups is 1. The standard InChI is InChI=1S/C11H14BrClN2O2/c1-7(2-5-11(16)15-14)17-10-6-8(12)3-4-9(10)13/h3-4,6-7H,2,5,14H2,1H3,(H,15,16). The van der Waals surface area contributed by atoms with E-state index in [-0.39, 0.29) is 12.0 Å². The van der Waals surface area contributed by atoms with Gasteiger partial charge in [0.1, 0.15) is 5.75 Å². The van der Waals surface area contributed by atoms with Crippen LogP contribution in [0.4, 0.5) is 0 Å². The van der Waals surface area contributed by atoms with E-state index in [1.165, 1.54) is 0 Å². The van der Waals surface area contributed by atoms with E-state index in [0.717, 1.165) is 4.47 Å². The van der Waals surface area contributed by atoms with E-state index in [2.05, 4.69) is 21.4 Å². The van der Waals surface area contributed by atoms with Crippen LogP contribution >= 0.6 is 27.5 Å². The van der Waals surface area contributed by atoms with Crippen LogP contribution < -0.4 is 16.0 Å². The SMILES string of the molecule is CC(CCC(=O)NN)Oc1cc(Br)ccc1Cl. The molecule has 17 heavy (non-hydrogen) atoms. The number of ether oxygens (including phenoxy) is 1. The third-order valence-corrected chi connectivity index (χ3v) is 2.97. The first kappa shape index (κ1) is 14.3. The van der Waals surface area contributed by atoms with Crippen molar-refractivity contribution in [1.82, 2.24) is 5.43 Å². The molecule has 1 rings (SSSR count). The molecule has 0 aliphatic heterocycles. The fourth-order valence-corrected chi connectivity index (χ4v) is 1.75. The molecule has 0 saturated carbocycles. The minimum Gasteiger partial charge on any atom is -0.489 e. The lowest BCUT2D eigenvalue weighted by Gasteiger charge is -2.15. The molecule has 3 N–H and O–H groups in total. The molecule has 0 aliphatic rings. The first-order valence-corrected chi connectivity index (χ1v) is 6.31. The molecule has 0 saturated heterocycles. The molecular formula is C11H14BrClN2O2. The maximum Gasteiger partial charge on any atom is 0.234 e. The van der Waals surface area contributed by atoms with Crippen molar-refractivity contribution in [2.24, 2.45) is 5.84 Å². The van der Waals surface area contributed by atoms with Crippen LogP contribution in [-0.2, 0) is 4.79 Å². The van der Waals surface area contributed by atoms with Gasteiger partial charge in [0.15, 0.2) is 0 Å². The van der Waals surface area contributed by atoms with Crippen LogP contribution in [0, 0.1) is 0 Å². The molecule has 0 aliphatic carbocycles. The van der Waals surface area contributed by atoms with Gasteiger partial charge in [0.2, 0.25) is 5.91 Å². The zero-order valence-corrected chi connectivity index (χ0v) is 11.7. The van der Waals surface area contributed by atoms with E-state index in [1.54, 1.807) is 12.1 Å². The fourth-order valence-electron chi connectivity index (χ4n) is 1.25. The lowest BCUT2D eigenvalue weighted by atomic mass is 10.2. The molecule has 1 aromatic carbocycles. The Morgan fingerprint density at radius 2 is 2.35 bits per heavy atom. The summed E-state index contributed by atoms with van der Waals surface area (Å²) < 4.78 is 6.53. The molecule has 1 atom stereocenters. The first-order valence-electron chi connectivity index (χ1n) is 5.14. The lowest BCUT2D eigenvalue weighted by Crippen LogP contribution is -2.30. The van der Waals surface area contributed by atoms with Gasteiger partial charge >= 0.3 is 0 Å². The normalized spacial score (nSPS) is 12.0. The number of hydrazine groups is 1. The average Bonchev–Trinajstić information content (AvgIpc) is 2.30. The van der Waals surface area contributed by atoms with Gasteiger partial charge in [-0.25, -0.2) is 5.84 Å². The van der Waals surface area contributed by atoms with Gasteiger partial charge in [-0.05, 0) is 31.5 Å². The lowest BCUT2D eigenvalue weighted by molar-refractivity contribution is -0.121. The van der Waals surface area contributed by atoms with Crippen molar-refractivity contribution >= 4 is 33.4 Å². The second kappa shape index (κ2) is 6.83. The third-order valence-electron chi connectivity index (χ3n) is 2.16. The van der Waals surface area contributed by atoms with E-state index in [0.29, 0.717) is 23.6 Å². The van der Waals surface area contributed by atoms with Crippen LogP contribution in [0.15, 0.2) is 22.7 Å². The van der Waals surface area contributed by atoms with Crippen LogP contribution in [0.1, 0.15) is 19.8 Å². The van der Waals surface area contributed by atoms with Crippen molar-refractivity contribution in [3.8, 4) is 5.75 Å². The predicted octanol–water partition coefficient (Wildman–Crippen LogP) is 2.64. The number of carbonyl (C=O) groups excluding carboxylic acids is 1. The van der Waals surface area contributed by atoms with Crippen LogP contribution in [0.3, 0.4) is 0 Å². The summed E-state index contributed by atoms with van der Waals surface area (Å²) in [5, 5.41) is 0.545. The summed E-state index contributed by atoms with van der Waals surface area (Å²) in [5.41, 5.74) is 2.08. The topological polar surface area (TPSA) is 64.4 Å². The number of nitrogens with two attached hydrogens (primary N) is 1. The highest BCUT2D eigenvalue weighted by molar-refractivity contribution is 9.10. The second-order valence-electron chi connectivity index (χ2n) is 3.61. The van der Waals surface area contributed by atoms with Gasteiger partial charge in [0, 0.05) is 10.9 Å².